The van der Waals surface area contributed by atoms with Crippen molar-refractivity contribution in [2.75, 3.05) is 0 Å². The molecule has 0 heterocycles. The van der Waals surface area contributed by atoms with Gasteiger partial charge in [0, 0.05) is 17.6 Å². The number of nitro groups is 1. The van der Waals surface area contributed by atoms with Gasteiger partial charge in [-0.3, -0.25) is 14.9 Å². The van der Waals surface area contributed by atoms with Crippen LogP contribution >= 0.6 is 11.6 Å². The Hall–Kier alpha value is -2.44. The van der Waals surface area contributed by atoms with E-state index in [0.29, 0.717) is 5.56 Å². The highest BCUT2D eigenvalue weighted by Crippen LogP contribution is 2.23. The van der Waals surface area contributed by atoms with Crippen LogP contribution in [0.4, 0.5) is 5.69 Å². The molecular formula is C15H13ClN2O4. The normalized spacial score (nSPS) is 10.3. The number of nitro benzene ring substituents is 1. The van der Waals surface area contributed by atoms with Crippen LogP contribution in [0.3, 0.4) is 0 Å². The molecule has 0 saturated carbocycles. The van der Waals surface area contributed by atoms with Crippen LogP contribution in [0.15, 0.2) is 42.5 Å². The van der Waals surface area contributed by atoms with Crippen molar-refractivity contribution < 1.29 is 14.8 Å². The molecule has 0 radical (unpaired) electrons. The standard InChI is InChI=1S/C15H13ClN2O4/c16-12-5-6-13(14(7-12)18(21)22)15(20)17-8-10-3-1-2-4-11(10)9-19/h1-7,19H,8-9H2,(H,17,20). The summed E-state index contributed by atoms with van der Waals surface area (Å²) in [6.45, 7) is 0.0164. The molecule has 2 rings (SSSR count). The number of hydrogen-bond donors (Lipinski definition) is 2. The highest BCUT2D eigenvalue weighted by molar-refractivity contribution is 6.31. The predicted molar refractivity (Wildman–Crippen MR) is 81.6 cm³/mol. The van der Waals surface area contributed by atoms with E-state index in [1.807, 2.05) is 0 Å². The molecule has 2 N–H and O–H groups in total. The van der Waals surface area contributed by atoms with Gasteiger partial charge in [-0.05, 0) is 23.3 Å². The Morgan fingerprint density at radius 2 is 1.91 bits per heavy atom. The SMILES string of the molecule is O=C(NCc1ccccc1CO)c1ccc(Cl)cc1[N+](=O)[O-]. The Morgan fingerprint density at radius 1 is 1.23 bits per heavy atom. The van der Waals surface area contributed by atoms with Crippen LogP contribution in [0, 0.1) is 10.1 Å². The lowest BCUT2D eigenvalue weighted by molar-refractivity contribution is -0.385. The summed E-state index contributed by atoms with van der Waals surface area (Å²) in [5, 5.41) is 23.0. The van der Waals surface area contributed by atoms with Gasteiger partial charge in [0.1, 0.15) is 5.56 Å². The van der Waals surface area contributed by atoms with E-state index in [2.05, 4.69) is 5.32 Å². The largest absolute Gasteiger partial charge is 0.392 e. The van der Waals surface area contributed by atoms with Gasteiger partial charge in [-0.15, -0.1) is 0 Å². The number of aliphatic hydroxyl groups excluding tert-OH is 1. The summed E-state index contributed by atoms with van der Waals surface area (Å²) >= 11 is 5.71. The minimum absolute atomic E-state index is 0.0594. The smallest absolute Gasteiger partial charge is 0.283 e. The summed E-state index contributed by atoms with van der Waals surface area (Å²) in [5.74, 6) is -0.573. The molecule has 0 fully saturated rings. The first kappa shape index (κ1) is 15.9. The van der Waals surface area contributed by atoms with Gasteiger partial charge >= 0.3 is 0 Å². The third-order valence-electron chi connectivity index (χ3n) is 3.13. The molecule has 0 spiro atoms. The summed E-state index contributed by atoms with van der Waals surface area (Å²) in [6.07, 6.45) is 0. The minimum Gasteiger partial charge on any atom is -0.392 e. The highest BCUT2D eigenvalue weighted by atomic mass is 35.5. The molecule has 0 aliphatic heterocycles. The van der Waals surface area contributed by atoms with Crippen LogP contribution in [0.5, 0.6) is 0 Å². The number of carbonyl (C=O) groups excluding carboxylic acids is 1. The predicted octanol–water partition coefficient (Wildman–Crippen LogP) is 2.67. The van der Waals surface area contributed by atoms with E-state index in [1.165, 1.54) is 12.1 Å². The van der Waals surface area contributed by atoms with E-state index in [-0.39, 0.29) is 29.4 Å². The van der Waals surface area contributed by atoms with Crippen molar-refractivity contribution in [3.05, 3.63) is 74.3 Å². The van der Waals surface area contributed by atoms with Crippen molar-refractivity contribution in [1.29, 1.82) is 0 Å². The van der Waals surface area contributed by atoms with Crippen LogP contribution in [0.25, 0.3) is 0 Å². The molecule has 114 valence electrons. The van der Waals surface area contributed by atoms with Gasteiger partial charge in [-0.2, -0.15) is 0 Å². The van der Waals surface area contributed by atoms with Crippen molar-refractivity contribution in [2.45, 2.75) is 13.2 Å². The molecule has 0 unspecified atom stereocenters. The zero-order chi connectivity index (χ0) is 16.1. The first-order chi connectivity index (χ1) is 10.5. The van der Waals surface area contributed by atoms with E-state index in [1.54, 1.807) is 24.3 Å². The number of benzene rings is 2. The average Bonchev–Trinajstić information content (AvgIpc) is 2.52. The minimum atomic E-state index is -0.650. The lowest BCUT2D eigenvalue weighted by Gasteiger charge is -2.09. The van der Waals surface area contributed by atoms with Crippen LogP contribution in [0.2, 0.25) is 5.02 Å². The Bertz CT molecular complexity index is 718. The Morgan fingerprint density at radius 3 is 2.55 bits per heavy atom. The number of nitrogens with zero attached hydrogens (tertiary/aromatic N) is 1. The van der Waals surface area contributed by atoms with Gasteiger partial charge in [0.05, 0.1) is 11.5 Å². The fraction of sp³-hybridized carbons (Fsp3) is 0.133. The van der Waals surface area contributed by atoms with Crippen molar-refractivity contribution in [3.8, 4) is 0 Å². The van der Waals surface area contributed by atoms with Gasteiger partial charge in [-0.1, -0.05) is 35.9 Å². The topological polar surface area (TPSA) is 92.5 Å². The second-order valence-corrected chi connectivity index (χ2v) is 4.96. The number of rotatable bonds is 5. The second-order valence-electron chi connectivity index (χ2n) is 4.53. The van der Waals surface area contributed by atoms with Crippen molar-refractivity contribution in [1.82, 2.24) is 5.32 Å². The van der Waals surface area contributed by atoms with E-state index in [0.717, 1.165) is 11.6 Å². The molecule has 2 aromatic carbocycles. The monoisotopic (exact) mass is 320 g/mol. The number of carbonyl (C=O) groups is 1. The molecule has 6 nitrogen and oxygen atoms in total. The molecule has 7 heteroatoms. The van der Waals surface area contributed by atoms with Gasteiger partial charge in [0.15, 0.2) is 0 Å². The van der Waals surface area contributed by atoms with Crippen molar-refractivity contribution in [3.63, 3.8) is 0 Å². The quantitative estimate of drug-likeness (QED) is 0.654. The van der Waals surface area contributed by atoms with Crippen LogP contribution in [-0.2, 0) is 13.2 Å². The molecule has 0 saturated heterocycles. The molecule has 0 atom stereocenters. The average molecular weight is 321 g/mol. The van der Waals surface area contributed by atoms with E-state index >= 15 is 0 Å². The molecule has 0 aromatic heterocycles. The van der Waals surface area contributed by atoms with Gasteiger partial charge in [-0.25, -0.2) is 0 Å². The first-order valence-electron chi connectivity index (χ1n) is 6.42. The first-order valence-corrected chi connectivity index (χ1v) is 6.80. The molecule has 0 aliphatic carbocycles. The third kappa shape index (κ3) is 3.60. The fourth-order valence-corrected chi connectivity index (χ4v) is 2.17. The molecule has 1 amide bonds. The van der Waals surface area contributed by atoms with E-state index in [4.69, 9.17) is 11.6 Å². The Labute approximate surface area is 131 Å². The maximum absolute atomic E-state index is 12.1. The van der Waals surface area contributed by atoms with Gasteiger partial charge in [0.25, 0.3) is 11.6 Å². The zero-order valence-electron chi connectivity index (χ0n) is 11.5. The van der Waals surface area contributed by atoms with E-state index in [9.17, 15) is 20.0 Å². The number of aliphatic hydroxyl groups is 1. The summed E-state index contributed by atoms with van der Waals surface area (Å²) in [5.41, 5.74) is 1.03. The summed E-state index contributed by atoms with van der Waals surface area (Å²) in [7, 11) is 0. The number of halogens is 1. The third-order valence-corrected chi connectivity index (χ3v) is 3.36. The second kappa shape index (κ2) is 7.02. The summed E-state index contributed by atoms with van der Waals surface area (Å²) in [4.78, 5) is 22.5. The highest BCUT2D eigenvalue weighted by Gasteiger charge is 2.20. The Balaban J connectivity index is 2.18. The maximum atomic E-state index is 12.1. The van der Waals surface area contributed by atoms with Gasteiger partial charge < -0.3 is 10.4 Å². The Kier molecular flexibility index (Phi) is 5.08. The van der Waals surface area contributed by atoms with E-state index < -0.39 is 10.8 Å². The van der Waals surface area contributed by atoms with Crippen LogP contribution in [-0.4, -0.2) is 15.9 Å². The maximum Gasteiger partial charge on any atom is 0.283 e. The molecular weight excluding hydrogens is 308 g/mol. The molecule has 2 aromatic rings. The summed E-state index contributed by atoms with van der Waals surface area (Å²) in [6, 6.07) is 10.9. The lowest BCUT2D eigenvalue weighted by Crippen LogP contribution is -2.24. The van der Waals surface area contributed by atoms with Gasteiger partial charge in [0.2, 0.25) is 0 Å². The summed E-state index contributed by atoms with van der Waals surface area (Å²) < 4.78 is 0. The lowest BCUT2D eigenvalue weighted by atomic mass is 10.1. The van der Waals surface area contributed by atoms with Crippen molar-refractivity contribution in [2.24, 2.45) is 0 Å². The number of amides is 1. The molecule has 0 aliphatic rings. The number of hydrogen-bond acceptors (Lipinski definition) is 4. The van der Waals surface area contributed by atoms with Crippen LogP contribution < -0.4 is 5.32 Å². The fourth-order valence-electron chi connectivity index (χ4n) is 2.00. The number of nitrogens with one attached hydrogen (secondary N) is 1. The molecule has 22 heavy (non-hydrogen) atoms. The molecule has 0 bridgehead atoms. The van der Waals surface area contributed by atoms with Crippen LogP contribution in [0.1, 0.15) is 21.5 Å². The zero-order valence-corrected chi connectivity index (χ0v) is 12.2. The van der Waals surface area contributed by atoms with Crippen molar-refractivity contribution >= 4 is 23.2 Å².